The molecule has 1 atom stereocenters. The predicted octanol–water partition coefficient (Wildman–Crippen LogP) is 4.02. The summed E-state index contributed by atoms with van der Waals surface area (Å²) in [7, 11) is 0. The van der Waals surface area contributed by atoms with Crippen molar-refractivity contribution in [2.75, 3.05) is 0 Å². The van der Waals surface area contributed by atoms with Gasteiger partial charge in [0, 0.05) is 10.0 Å². The maximum absolute atomic E-state index is 12.4. The maximum Gasteiger partial charge on any atom is 0.244 e. The van der Waals surface area contributed by atoms with Gasteiger partial charge >= 0.3 is 0 Å². The molecule has 0 unspecified atom stereocenters. The van der Waals surface area contributed by atoms with Gasteiger partial charge in [-0.15, -0.1) is 10.2 Å². The highest BCUT2D eigenvalue weighted by molar-refractivity contribution is 9.10. The monoisotopic (exact) mass is 433 g/mol. The van der Waals surface area contributed by atoms with Gasteiger partial charge in [-0.05, 0) is 41.5 Å². The highest BCUT2D eigenvalue weighted by Crippen LogP contribution is 2.23. The van der Waals surface area contributed by atoms with Crippen molar-refractivity contribution in [3.8, 4) is 11.4 Å². The molecule has 0 aliphatic rings. The number of hydrogen-bond donors (Lipinski definition) is 1. The molecule has 0 aliphatic carbocycles. The summed E-state index contributed by atoms with van der Waals surface area (Å²) >= 11 is 9.56. The van der Waals surface area contributed by atoms with Gasteiger partial charge in [0.2, 0.25) is 11.7 Å². The van der Waals surface area contributed by atoms with Crippen LogP contribution in [0.3, 0.4) is 0 Å². The SMILES string of the molecule is CC[C@@H](NC(=O)Cn1nnc(-c2ccccc2Cl)n1)c1ccc(Br)cc1. The molecule has 8 heteroatoms. The van der Waals surface area contributed by atoms with E-state index in [1.807, 2.05) is 49.4 Å². The number of nitrogens with one attached hydrogen (secondary N) is 1. The van der Waals surface area contributed by atoms with Crippen molar-refractivity contribution >= 4 is 33.4 Å². The molecule has 0 radical (unpaired) electrons. The summed E-state index contributed by atoms with van der Waals surface area (Å²) in [5.41, 5.74) is 1.73. The lowest BCUT2D eigenvalue weighted by molar-refractivity contribution is -0.122. The molecule has 1 aromatic heterocycles. The minimum Gasteiger partial charge on any atom is -0.348 e. The van der Waals surface area contributed by atoms with Crippen LogP contribution in [0.5, 0.6) is 0 Å². The molecular formula is C18H17BrClN5O. The van der Waals surface area contributed by atoms with Crippen LogP contribution >= 0.6 is 27.5 Å². The third kappa shape index (κ3) is 4.47. The molecule has 0 saturated carbocycles. The van der Waals surface area contributed by atoms with E-state index in [2.05, 4.69) is 36.7 Å². The number of carbonyl (C=O) groups is 1. The van der Waals surface area contributed by atoms with Crippen LogP contribution in [0.2, 0.25) is 5.02 Å². The van der Waals surface area contributed by atoms with Gasteiger partial charge in [0.1, 0.15) is 6.54 Å². The first-order valence-electron chi connectivity index (χ1n) is 8.14. The zero-order chi connectivity index (χ0) is 18.5. The van der Waals surface area contributed by atoms with Gasteiger partial charge in [0.25, 0.3) is 0 Å². The number of hydrogen-bond acceptors (Lipinski definition) is 4. The number of carbonyl (C=O) groups excluding carboxylic acids is 1. The first-order valence-corrected chi connectivity index (χ1v) is 9.31. The Labute approximate surface area is 164 Å². The van der Waals surface area contributed by atoms with E-state index in [4.69, 9.17) is 11.6 Å². The minimum absolute atomic E-state index is 0.00944. The second kappa shape index (κ2) is 8.42. The van der Waals surface area contributed by atoms with Crippen LogP contribution in [-0.2, 0) is 11.3 Å². The van der Waals surface area contributed by atoms with Crippen molar-refractivity contribution in [1.29, 1.82) is 0 Å². The third-order valence-corrected chi connectivity index (χ3v) is 4.73. The summed E-state index contributed by atoms with van der Waals surface area (Å²) in [6, 6.07) is 15.1. The van der Waals surface area contributed by atoms with Gasteiger partial charge in [-0.2, -0.15) is 4.80 Å². The number of amides is 1. The summed E-state index contributed by atoms with van der Waals surface area (Å²) in [4.78, 5) is 13.6. The van der Waals surface area contributed by atoms with Crippen LogP contribution in [0.1, 0.15) is 24.9 Å². The Morgan fingerprint density at radius 3 is 2.65 bits per heavy atom. The fraction of sp³-hybridized carbons (Fsp3) is 0.222. The topological polar surface area (TPSA) is 72.7 Å². The molecule has 1 heterocycles. The van der Waals surface area contributed by atoms with Gasteiger partial charge in [0.15, 0.2) is 0 Å². The lowest BCUT2D eigenvalue weighted by Gasteiger charge is -2.17. The van der Waals surface area contributed by atoms with E-state index < -0.39 is 0 Å². The molecule has 3 rings (SSSR count). The zero-order valence-corrected chi connectivity index (χ0v) is 16.4. The number of aromatic nitrogens is 4. The third-order valence-electron chi connectivity index (χ3n) is 3.87. The van der Waals surface area contributed by atoms with E-state index >= 15 is 0 Å². The molecule has 0 saturated heterocycles. The Hall–Kier alpha value is -2.25. The molecular weight excluding hydrogens is 418 g/mol. The summed E-state index contributed by atoms with van der Waals surface area (Å²) in [5.74, 6) is 0.214. The maximum atomic E-state index is 12.4. The molecule has 0 aliphatic heterocycles. The van der Waals surface area contributed by atoms with Crippen molar-refractivity contribution in [1.82, 2.24) is 25.5 Å². The largest absolute Gasteiger partial charge is 0.348 e. The van der Waals surface area contributed by atoms with Gasteiger partial charge in [-0.25, -0.2) is 0 Å². The second-order valence-electron chi connectivity index (χ2n) is 5.70. The average Bonchev–Trinajstić information content (AvgIpc) is 3.09. The van der Waals surface area contributed by atoms with E-state index in [-0.39, 0.29) is 18.5 Å². The lowest BCUT2D eigenvalue weighted by Crippen LogP contribution is -2.32. The Bertz CT molecular complexity index is 897. The van der Waals surface area contributed by atoms with Crippen molar-refractivity contribution < 1.29 is 4.79 Å². The van der Waals surface area contributed by atoms with Crippen molar-refractivity contribution in [2.24, 2.45) is 0 Å². The van der Waals surface area contributed by atoms with E-state index in [9.17, 15) is 4.79 Å². The Morgan fingerprint density at radius 2 is 1.96 bits per heavy atom. The van der Waals surface area contributed by atoms with E-state index in [1.54, 1.807) is 6.07 Å². The Kier molecular flexibility index (Phi) is 6.00. The van der Waals surface area contributed by atoms with Crippen LogP contribution < -0.4 is 5.32 Å². The molecule has 2 aromatic carbocycles. The Morgan fingerprint density at radius 1 is 1.23 bits per heavy atom. The quantitative estimate of drug-likeness (QED) is 0.636. The van der Waals surface area contributed by atoms with Crippen LogP contribution in [0, 0.1) is 0 Å². The minimum atomic E-state index is -0.178. The lowest BCUT2D eigenvalue weighted by atomic mass is 10.0. The first-order chi connectivity index (χ1) is 12.6. The summed E-state index contributed by atoms with van der Waals surface area (Å²) in [6.07, 6.45) is 0.781. The highest BCUT2D eigenvalue weighted by Gasteiger charge is 2.15. The summed E-state index contributed by atoms with van der Waals surface area (Å²) in [5, 5.41) is 15.7. The van der Waals surface area contributed by atoms with E-state index in [0.717, 1.165) is 16.5 Å². The van der Waals surface area contributed by atoms with Crippen molar-refractivity contribution in [2.45, 2.75) is 25.9 Å². The number of benzene rings is 2. The van der Waals surface area contributed by atoms with E-state index in [0.29, 0.717) is 16.4 Å². The Balaban J connectivity index is 1.66. The van der Waals surface area contributed by atoms with Gasteiger partial charge in [0.05, 0.1) is 11.1 Å². The zero-order valence-electron chi connectivity index (χ0n) is 14.1. The predicted molar refractivity (Wildman–Crippen MR) is 104 cm³/mol. The number of halogens is 2. The fourth-order valence-electron chi connectivity index (χ4n) is 2.55. The van der Waals surface area contributed by atoms with Crippen LogP contribution in [-0.4, -0.2) is 26.1 Å². The molecule has 1 amide bonds. The number of tetrazole rings is 1. The first kappa shape index (κ1) is 18.5. The second-order valence-corrected chi connectivity index (χ2v) is 7.03. The standard InChI is InChI=1S/C18H17BrClN5O/c1-2-16(12-7-9-13(19)10-8-12)21-17(26)11-25-23-18(22-24-25)14-5-3-4-6-15(14)20/h3-10,16H,2,11H2,1H3,(H,21,26)/t16-/m1/s1. The van der Waals surface area contributed by atoms with Crippen LogP contribution in [0.15, 0.2) is 53.0 Å². The average molecular weight is 435 g/mol. The molecule has 134 valence electrons. The van der Waals surface area contributed by atoms with Crippen LogP contribution in [0.4, 0.5) is 0 Å². The molecule has 0 bridgehead atoms. The molecule has 6 nitrogen and oxygen atoms in total. The molecule has 0 spiro atoms. The highest BCUT2D eigenvalue weighted by atomic mass is 79.9. The van der Waals surface area contributed by atoms with Gasteiger partial charge < -0.3 is 5.32 Å². The summed E-state index contributed by atoms with van der Waals surface area (Å²) < 4.78 is 1.00. The number of nitrogens with zero attached hydrogens (tertiary/aromatic N) is 4. The van der Waals surface area contributed by atoms with Crippen molar-refractivity contribution in [3.05, 3.63) is 63.6 Å². The van der Waals surface area contributed by atoms with Gasteiger partial charge in [-0.3, -0.25) is 4.79 Å². The van der Waals surface area contributed by atoms with Gasteiger partial charge in [-0.1, -0.05) is 58.7 Å². The van der Waals surface area contributed by atoms with Crippen LogP contribution in [0.25, 0.3) is 11.4 Å². The molecule has 0 fully saturated rings. The molecule has 1 N–H and O–H groups in total. The smallest absolute Gasteiger partial charge is 0.244 e. The number of rotatable bonds is 6. The van der Waals surface area contributed by atoms with E-state index in [1.165, 1.54) is 4.80 Å². The normalized spacial score (nSPS) is 12.0. The molecule has 26 heavy (non-hydrogen) atoms. The fourth-order valence-corrected chi connectivity index (χ4v) is 3.03. The molecule has 3 aromatic rings. The summed E-state index contributed by atoms with van der Waals surface area (Å²) in [6.45, 7) is 2.01. The van der Waals surface area contributed by atoms with Crippen molar-refractivity contribution in [3.63, 3.8) is 0 Å².